The van der Waals surface area contributed by atoms with Gasteiger partial charge in [0.25, 0.3) is 0 Å². The minimum atomic E-state index is -0.275. The number of hydrogen-bond acceptors (Lipinski definition) is 0. The van der Waals surface area contributed by atoms with Gasteiger partial charge in [0.05, 0.1) is 0 Å². The van der Waals surface area contributed by atoms with Gasteiger partial charge >= 0.3 is 0 Å². The van der Waals surface area contributed by atoms with Crippen LogP contribution in [0.4, 0.5) is 0 Å². The smallest absolute Gasteiger partial charge is 0.0303 e. The summed E-state index contributed by atoms with van der Waals surface area (Å²) in [4.78, 5) is 0. The molecule has 3 fully saturated rings. The Bertz CT molecular complexity index is 714. The van der Waals surface area contributed by atoms with Gasteiger partial charge in [-0.3, -0.25) is 0 Å². The number of rotatable bonds is 5. The fourth-order valence-corrected chi connectivity index (χ4v) is 9.55. The maximum Gasteiger partial charge on any atom is 0.0303 e. The van der Waals surface area contributed by atoms with E-state index in [0.717, 1.165) is 24.2 Å². The molecule has 4 aliphatic carbocycles. The summed E-state index contributed by atoms with van der Waals surface area (Å²) in [6.45, 7) is 20.0. The zero-order valence-corrected chi connectivity index (χ0v) is 21.7. The minimum absolute atomic E-state index is 0.275. The van der Waals surface area contributed by atoms with Crippen molar-refractivity contribution in [2.24, 2.45) is 51.2 Å². The molecule has 3 saturated carbocycles. The molecule has 0 heteroatoms. The largest absolute Gasteiger partial charge is 0.0841 e. The van der Waals surface area contributed by atoms with Gasteiger partial charge in [-0.25, -0.2) is 0 Å². The van der Waals surface area contributed by atoms with Gasteiger partial charge in [0, 0.05) is 1.37 Å². The maximum absolute atomic E-state index is 9.45. The van der Waals surface area contributed by atoms with E-state index < -0.39 is 0 Å². The van der Waals surface area contributed by atoms with Crippen LogP contribution in [0.1, 0.15) is 127 Å². The summed E-state index contributed by atoms with van der Waals surface area (Å²) in [5.41, 5.74) is 3.45. The number of fused-ring (bicyclic) bond motifs is 5. The summed E-state index contributed by atoms with van der Waals surface area (Å²) in [6.07, 6.45) is 17.2. The van der Waals surface area contributed by atoms with Gasteiger partial charge in [-0.05, 0) is 96.2 Å². The number of allylic oxidation sites excluding steroid dienone is 2. The molecule has 30 heavy (non-hydrogen) atoms. The van der Waals surface area contributed by atoms with E-state index in [-0.39, 0.29) is 5.89 Å². The Balaban J connectivity index is 1.63. The van der Waals surface area contributed by atoms with Gasteiger partial charge in [-0.1, -0.05) is 92.7 Å². The Morgan fingerprint density at radius 2 is 1.70 bits per heavy atom. The molecule has 0 aliphatic heterocycles. The highest BCUT2D eigenvalue weighted by atomic mass is 14.7. The molecule has 172 valence electrons. The molecule has 0 spiro atoms. The van der Waals surface area contributed by atoms with E-state index in [9.17, 15) is 1.37 Å². The second-order valence-electron chi connectivity index (χ2n) is 13.9. The van der Waals surface area contributed by atoms with Crippen molar-refractivity contribution in [3.05, 3.63) is 11.6 Å². The lowest BCUT2D eigenvalue weighted by Gasteiger charge is -2.63. The molecule has 0 aromatic rings. The quantitative estimate of drug-likeness (QED) is 0.394. The maximum atomic E-state index is 9.45. The molecule has 4 aliphatic rings. The molecule has 0 radical (unpaired) electrons. The molecular formula is C30H52. The van der Waals surface area contributed by atoms with Gasteiger partial charge in [0.1, 0.15) is 0 Å². The molecule has 0 N–H and O–H groups in total. The van der Waals surface area contributed by atoms with Crippen LogP contribution in [0.5, 0.6) is 0 Å². The van der Waals surface area contributed by atoms with Gasteiger partial charge in [-0.15, -0.1) is 0 Å². The fourth-order valence-electron chi connectivity index (χ4n) is 9.55. The van der Waals surface area contributed by atoms with Gasteiger partial charge in [0.2, 0.25) is 0 Å². The van der Waals surface area contributed by atoms with Crippen molar-refractivity contribution in [2.45, 2.75) is 126 Å². The predicted molar refractivity (Wildman–Crippen MR) is 131 cm³/mol. The third-order valence-electron chi connectivity index (χ3n) is 11.5. The normalized spacial score (nSPS) is 47.6. The lowest BCUT2D eigenvalue weighted by atomic mass is 9.41. The van der Waals surface area contributed by atoms with Crippen molar-refractivity contribution in [3.63, 3.8) is 0 Å². The predicted octanol–water partition coefficient (Wildman–Crippen LogP) is 9.44. The Morgan fingerprint density at radius 3 is 2.40 bits per heavy atom. The minimum Gasteiger partial charge on any atom is -0.0841 e. The van der Waals surface area contributed by atoms with Crippen molar-refractivity contribution in [2.75, 3.05) is 0 Å². The van der Waals surface area contributed by atoms with Crippen LogP contribution >= 0.6 is 0 Å². The van der Waals surface area contributed by atoms with Crippen molar-refractivity contribution in [1.82, 2.24) is 0 Å². The van der Waals surface area contributed by atoms with E-state index in [1.807, 2.05) is 5.57 Å². The summed E-state index contributed by atoms with van der Waals surface area (Å²) in [5, 5.41) is 0. The van der Waals surface area contributed by atoms with E-state index in [1.54, 1.807) is 0 Å². The fraction of sp³-hybridized carbons (Fsp3) is 0.933. The Kier molecular flexibility index (Phi) is 5.51. The summed E-state index contributed by atoms with van der Waals surface area (Å²) in [7, 11) is 0. The van der Waals surface area contributed by atoms with Crippen molar-refractivity contribution in [3.8, 4) is 0 Å². The Morgan fingerprint density at radius 1 is 0.967 bits per heavy atom. The van der Waals surface area contributed by atoms with Crippen molar-refractivity contribution in [1.29, 1.82) is 0 Å². The van der Waals surface area contributed by atoms with Crippen LogP contribution < -0.4 is 0 Å². The molecule has 0 saturated heterocycles. The van der Waals surface area contributed by atoms with Gasteiger partial charge in [-0.2, -0.15) is 0 Å². The van der Waals surface area contributed by atoms with Crippen molar-refractivity contribution >= 4 is 0 Å². The van der Waals surface area contributed by atoms with Gasteiger partial charge < -0.3 is 0 Å². The molecule has 7 atom stereocenters. The Hall–Kier alpha value is -0.260. The van der Waals surface area contributed by atoms with E-state index in [2.05, 4.69) is 61.5 Å². The zero-order chi connectivity index (χ0) is 22.9. The van der Waals surface area contributed by atoms with E-state index in [4.69, 9.17) is 0 Å². The van der Waals surface area contributed by atoms with Crippen LogP contribution in [-0.4, -0.2) is 0 Å². The average molecular weight is 414 g/mol. The first kappa shape index (κ1) is 21.6. The molecule has 0 amide bonds. The molecular weight excluding hydrogens is 360 g/mol. The summed E-state index contributed by atoms with van der Waals surface area (Å²) < 4.78 is 9.45. The first-order valence-electron chi connectivity index (χ1n) is 14.0. The van der Waals surface area contributed by atoms with Crippen LogP contribution in [0.2, 0.25) is 0 Å². The highest BCUT2D eigenvalue weighted by molar-refractivity contribution is 5.33. The third kappa shape index (κ3) is 3.28. The molecule has 0 nitrogen and oxygen atoms in total. The molecule has 0 aromatic carbocycles. The topological polar surface area (TPSA) is 0 Å². The highest BCUT2D eigenvalue weighted by Crippen LogP contribution is 2.73. The van der Waals surface area contributed by atoms with Crippen LogP contribution in [0.3, 0.4) is 0 Å². The molecule has 0 heterocycles. The molecule has 0 bridgehead atoms. The first-order valence-corrected chi connectivity index (χ1v) is 13.5. The Labute approximate surface area is 190 Å². The molecule has 0 aromatic heterocycles. The van der Waals surface area contributed by atoms with Gasteiger partial charge in [0.15, 0.2) is 0 Å². The lowest BCUT2D eigenvalue weighted by Crippen LogP contribution is -2.55. The van der Waals surface area contributed by atoms with Crippen LogP contribution in [-0.2, 0) is 0 Å². The summed E-state index contributed by atoms with van der Waals surface area (Å²) >= 11 is 0. The van der Waals surface area contributed by atoms with E-state index >= 15 is 0 Å². The monoisotopic (exact) mass is 413 g/mol. The van der Waals surface area contributed by atoms with Crippen LogP contribution in [0, 0.1) is 51.2 Å². The molecule has 4 rings (SSSR count). The van der Waals surface area contributed by atoms with Crippen molar-refractivity contribution < 1.29 is 1.37 Å². The first-order chi connectivity index (χ1) is 14.3. The zero-order valence-electron chi connectivity index (χ0n) is 22.7. The SMILES string of the molecule is [2H][C@@](C)(CCCC(C)C)[C@@H]1CC[C@]2(C)C3=CC[C@H]4C(C)(C)CCC[C@]4(C)[C@H]3CC[C@@]12C. The van der Waals surface area contributed by atoms with Crippen LogP contribution in [0.15, 0.2) is 11.6 Å². The van der Waals surface area contributed by atoms with Crippen LogP contribution in [0.25, 0.3) is 0 Å². The summed E-state index contributed by atoms with van der Waals surface area (Å²) in [6, 6.07) is 0. The third-order valence-corrected chi connectivity index (χ3v) is 11.5. The van der Waals surface area contributed by atoms with E-state index in [1.165, 1.54) is 64.2 Å². The molecule has 0 unspecified atom stereocenters. The number of hydrogen-bond donors (Lipinski definition) is 0. The standard InChI is InChI=1S/C30H52/c1-21(2)11-9-12-22(3)23-15-19-30(8)25-13-14-26-27(4,5)17-10-18-28(26,6)24(25)16-20-29(23,30)7/h13,21-24,26H,9-12,14-20H2,1-8H3/t22-,23+,24+,26+,28-,29+,30-/m1/s1/i22D. The lowest BCUT2D eigenvalue weighted by molar-refractivity contribution is -0.0799. The second kappa shape index (κ2) is 7.66. The second-order valence-corrected chi connectivity index (χ2v) is 13.9. The average Bonchev–Trinajstić information content (AvgIpc) is 2.93. The van der Waals surface area contributed by atoms with E-state index in [0.29, 0.717) is 27.6 Å². The summed E-state index contributed by atoms with van der Waals surface area (Å²) in [5.74, 6) is 2.68. The highest BCUT2D eigenvalue weighted by Gasteiger charge is 2.64.